The van der Waals surface area contributed by atoms with Gasteiger partial charge in [0.25, 0.3) is 0 Å². The van der Waals surface area contributed by atoms with Crippen LogP contribution in [-0.2, 0) is 13.5 Å². The highest BCUT2D eigenvalue weighted by molar-refractivity contribution is 7.80. The number of aromatic nitrogens is 2. The lowest BCUT2D eigenvalue weighted by Crippen LogP contribution is -1.98. The molecule has 1 aromatic carbocycles. The van der Waals surface area contributed by atoms with Gasteiger partial charge in [0.2, 0.25) is 0 Å². The molecule has 0 saturated carbocycles. The van der Waals surface area contributed by atoms with Crippen molar-refractivity contribution in [3.63, 3.8) is 0 Å². The highest BCUT2D eigenvalue weighted by Crippen LogP contribution is 2.18. The number of benzene rings is 1. The van der Waals surface area contributed by atoms with Crippen molar-refractivity contribution in [2.24, 2.45) is 7.05 Å². The van der Waals surface area contributed by atoms with Gasteiger partial charge in [0.15, 0.2) is 0 Å². The Balaban J connectivity index is 2.45. The number of nitrogens with zero attached hydrogens (tertiary/aromatic N) is 2. The predicted molar refractivity (Wildman–Crippen MR) is 62.9 cm³/mol. The van der Waals surface area contributed by atoms with Crippen LogP contribution in [0.1, 0.15) is 12.1 Å². The van der Waals surface area contributed by atoms with Crippen molar-refractivity contribution < 1.29 is 0 Å². The smallest absolute Gasteiger partial charge is 0.0926 e. The molecule has 0 aliphatic heterocycles. The molecule has 2 rings (SSSR count). The molecule has 0 saturated heterocycles. The number of thiol groups is 1. The third-order valence-electron chi connectivity index (χ3n) is 2.44. The van der Waals surface area contributed by atoms with E-state index in [9.17, 15) is 0 Å². The lowest BCUT2D eigenvalue weighted by atomic mass is 10.1. The van der Waals surface area contributed by atoms with Gasteiger partial charge in [-0.05, 0) is 24.7 Å². The fourth-order valence-electron chi connectivity index (χ4n) is 1.74. The van der Waals surface area contributed by atoms with Crippen LogP contribution >= 0.6 is 12.6 Å². The summed E-state index contributed by atoms with van der Waals surface area (Å²) in [6.45, 7) is 0. The highest BCUT2D eigenvalue weighted by atomic mass is 32.1. The average Bonchev–Trinajstić information content (AvgIpc) is 2.51. The molecular weight excluding hydrogens is 192 g/mol. The van der Waals surface area contributed by atoms with Gasteiger partial charge in [0.05, 0.1) is 5.52 Å². The van der Waals surface area contributed by atoms with Crippen LogP contribution < -0.4 is 0 Å². The Kier molecular flexibility index (Phi) is 2.77. The van der Waals surface area contributed by atoms with Gasteiger partial charge >= 0.3 is 0 Å². The Morgan fingerprint density at radius 2 is 2.14 bits per heavy atom. The molecule has 0 unspecified atom stereocenters. The van der Waals surface area contributed by atoms with Crippen molar-refractivity contribution in [1.82, 2.24) is 9.78 Å². The second kappa shape index (κ2) is 4.05. The van der Waals surface area contributed by atoms with E-state index in [0.717, 1.165) is 24.1 Å². The van der Waals surface area contributed by atoms with Gasteiger partial charge in [0, 0.05) is 18.1 Å². The molecule has 0 aliphatic rings. The van der Waals surface area contributed by atoms with Crippen LogP contribution in [0.25, 0.3) is 10.9 Å². The topological polar surface area (TPSA) is 17.8 Å². The van der Waals surface area contributed by atoms with E-state index in [1.807, 2.05) is 17.8 Å². The SMILES string of the molecule is Cn1nc2ccccc2c1CCCS. The van der Waals surface area contributed by atoms with Gasteiger partial charge in [-0.2, -0.15) is 17.7 Å². The van der Waals surface area contributed by atoms with Crippen molar-refractivity contribution in [3.8, 4) is 0 Å². The first kappa shape index (κ1) is 9.59. The molecule has 0 atom stereocenters. The zero-order chi connectivity index (χ0) is 9.97. The molecule has 0 aliphatic carbocycles. The maximum Gasteiger partial charge on any atom is 0.0926 e. The molecular formula is C11H14N2S. The maximum absolute atomic E-state index is 4.46. The van der Waals surface area contributed by atoms with Crippen molar-refractivity contribution in [1.29, 1.82) is 0 Å². The number of hydrogen-bond donors (Lipinski definition) is 1. The summed E-state index contributed by atoms with van der Waals surface area (Å²) in [6, 6.07) is 8.28. The van der Waals surface area contributed by atoms with Crippen LogP contribution in [0.3, 0.4) is 0 Å². The van der Waals surface area contributed by atoms with Crippen LogP contribution in [0.5, 0.6) is 0 Å². The van der Waals surface area contributed by atoms with Crippen LogP contribution in [0, 0.1) is 0 Å². The fourth-order valence-corrected chi connectivity index (χ4v) is 1.90. The van der Waals surface area contributed by atoms with Gasteiger partial charge < -0.3 is 0 Å². The first-order valence-corrected chi connectivity index (χ1v) is 5.47. The normalized spacial score (nSPS) is 11.0. The van der Waals surface area contributed by atoms with E-state index in [-0.39, 0.29) is 0 Å². The fraction of sp³-hybridized carbons (Fsp3) is 0.364. The minimum atomic E-state index is 0.930. The number of fused-ring (bicyclic) bond motifs is 1. The molecule has 1 heterocycles. The molecule has 14 heavy (non-hydrogen) atoms. The van der Waals surface area contributed by atoms with E-state index in [0.29, 0.717) is 0 Å². The zero-order valence-corrected chi connectivity index (χ0v) is 9.17. The largest absolute Gasteiger partial charge is 0.271 e. The minimum Gasteiger partial charge on any atom is -0.271 e. The molecule has 0 amide bonds. The van der Waals surface area contributed by atoms with E-state index in [1.165, 1.54) is 11.1 Å². The highest BCUT2D eigenvalue weighted by Gasteiger charge is 2.06. The molecule has 0 radical (unpaired) electrons. The van der Waals surface area contributed by atoms with Crippen LogP contribution in [0.4, 0.5) is 0 Å². The molecule has 74 valence electrons. The van der Waals surface area contributed by atoms with Gasteiger partial charge in [-0.15, -0.1) is 0 Å². The molecule has 0 bridgehead atoms. The van der Waals surface area contributed by atoms with E-state index in [2.05, 4.69) is 35.9 Å². The van der Waals surface area contributed by atoms with Crippen molar-refractivity contribution in [2.45, 2.75) is 12.8 Å². The van der Waals surface area contributed by atoms with E-state index >= 15 is 0 Å². The lowest BCUT2D eigenvalue weighted by molar-refractivity contribution is 0.708. The van der Waals surface area contributed by atoms with Crippen molar-refractivity contribution >= 4 is 23.5 Å². The number of aryl methyl sites for hydroxylation is 2. The Hall–Kier alpha value is -0.960. The maximum atomic E-state index is 4.46. The zero-order valence-electron chi connectivity index (χ0n) is 8.27. The quantitative estimate of drug-likeness (QED) is 0.764. The standard InChI is InChI=1S/C11H14N2S/c1-13-11(7-4-8-14)9-5-2-3-6-10(9)12-13/h2-3,5-6,14H,4,7-8H2,1H3. The summed E-state index contributed by atoms with van der Waals surface area (Å²) in [5.41, 5.74) is 2.40. The summed E-state index contributed by atoms with van der Waals surface area (Å²) >= 11 is 4.23. The van der Waals surface area contributed by atoms with Crippen LogP contribution in [0.2, 0.25) is 0 Å². The van der Waals surface area contributed by atoms with E-state index < -0.39 is 0 Å². The van der Waals surface area contributed by atoms with Gasteiger partial charge in [0.1, 0.15) is 0 Å². The molecule has 3 heteroatoms. The number of rotatable bonds is 3. The molecule has 2 nitrogen and oxygen atoms in total. The monoisotopic (exact) mass is 206 g/mol. The lowest BCUT2D eigenvalue weighted by Gasteiger charge is -2.00. The predicted octanol–water partition coefficient (Wildman–Crippen LogP) is 2.44. The average molecular weight is 206 g/mol. The van der Waals surface area contributed by atoms with Gasteiger partial charge in [-0.3, -0.25) is 4.68 Å². The Morgan fingerprint density at radius 1 is 1.36 bits per heavy atom. The summed E-state index contributed by atoms with van der Waals surface area (Å²) < 4.78 is 1.98. The summed E-state index contributed by atoms with van der Waals surface area (Å²) in [4.78, 5) is 0. The third-order valence-corrected chi connectivity index (χ3v) is 2.75. The molecule has 1 aromatic heterocycles. The first-order valence-electron chi connectivity index (χ1n) is 4.84. The summed E-state index contributed by atoms with van der Waals surface area (Å²) in [5, 5.41) is 5.73. The van der Waals surface area contributed by atoms with Crippen molar-refractivity contribution in [2.75, 3.05) is 5.75 Å². The minimum absolute atomic E-state index is 0.930. The molecule has 0 spiro atoms. The Labute approximate surface area is 89.3 Å². The first-order chi connectivity index (χ1) is 6.83. The van der Waals surface area contributed by atoms with Crippen LogP contribution in [-0.4, -0.2) is 15.5 Å². The number of hydrogen-bond acceptors (Lipinski definition) is 2. The Morgan fingerprint density at radius 3 is 2.93 bits per heavy atom. The van der Waals surface area contributed by atoms with Crippen LogP contribution in [0.15, 0.2) is 24.3 Å². The summed E-state index contributed by atoms with van der Waals surface area (Å²) in [7, 11) is 2.01. The molecule has 0 fully saturated rings. The van der Waals surface area contributed by atoms with Gasteiger partial charge in [-0.1, -0.05) is 18.2 Å². The molecule has 0 N–H and O–H groups in total. The Bertz CT molecular complexity index is 434. The summed E-state index contributed by atoms with van der Waals surface area (Å²) in [5.74, 6) is 0.930. The second-order valence-corrected chi connectivity index (χ2v) is 3.86. The third kappa shape index (κ3) is 1.64. The van der Waals surface area contributed by atoms with Gasteiger partial charge in [-0.25, -0.2) is 0 Å². The van der Waals surface area contributed by atoms with E-state index in [4.69, 9.17) is 0 Å². The molecule has 2 aromatic rings. The van der Waals surface area contributed by atoms with E-state index in [1.54, 1.807) is 0 Å². The summed E-state index contributed by atoms with van der Waals surface area (Å²) in [6.07, 6.45) is 2.16. The van der Waals surface area contributed by atoms with Crippen molar-refractivity contribution in [3.05, 3.63) is 30.0 Å². The second-order valence-electron chi connectivity index (χ2n) is 3.41.